The molecule has 0 fully saturated rings. The maximum absolute atomic E-state index is 11.7. The molecule has 0 atom stereocenters. The van der Waals surface area contributed by atoms with Crippen LogP contribution in [0, 0.1) is 0 Å². The first-order chi connectivity index (χ1) is 9.06. The lowest BCUT2D eigenvalue weighted by atomic mass is 10.2. The Bertz CT molecular complexity index is 818. The summed E-state index contributed by atoms with van der Waals surface area (Å²) in [6, 6.07) is 5.09. The first kappa shape index (κ1) is 12.0. The van der Waals surface area contributed by atoms with Crippen LogP contribution in [0.15, 0.2) is 23.0 Å². The third-order valence-corrected chi connectivity index (χ3v) is 3.21. The van der Waals surface area contributed by atoms with Crippen LogP contribution in [-0.2, 0) is 0 Å². The van der Waals surface area contributed by atoms with Crippen LogP contribution in [0.5, 0.6) is 0 Å². The van der Waals surface area contributed by atoms with Gasteiger partial charge in [0.25, 0.3) is 5.56 Å². The number of halogens is 2. The normalized spacial score (nSPS) is 11.1. The van der Waals surface area contributed by atoms with Gasteiger partial charge in [-0.1, -0.05) is 29.3 Å². The average molecular weight is 296 g/mol. The highest BCUT2D eigenvalue weighted by Crippen LogP contribution is 2.33. The molecule has 19 heavy (non-hydrogen) atoms. The molecule has 0 saturated carbocycles. The summed E-state index contributed by atoms with van der Waals surface area (Å²) in [4.78, 5) is 25.1. The van der Waals surface area contributed by atoms with Gasteiger partial charge in [-0.2, -0.15) is 4.98 Å². The number of nitrogens with zero attached hydrogens (tertiary/aromatic N) is 2. The van der Waals surface area contributed by atoms with Gasteiger partial charge >= 0.3 is 0 Å². The zero-order valence-corrected chi connectivity index (χ0v) is 10.9. The Morgan fingerprint density at radius 2 is 1.79 bits per heavy atom. The number of aromatic amines is 2. The van der Waals surface area contributed by atoms with Gasteiger partial charge in [0.05, 0.1) is 15.6 Å². The number of rotatable bonds is 1. The number of nitrogens with two attached hydrogens (primary N) is 1. The molecule has 1 aromatic carbocycles. The van der Waals surface area contributed by atoms with Gasteiger partial charge in [0.2, 0.25) is 5.95 Å². The molecule has 0 aliphatic carbocycles. The van der Waals surface area contributed by atoms with Gasteiger partial charge in [-0.05, 0) is 12.1 Å². The topological polar surface area (TPSA) is 100 Å². The van der Waals surface area contributed by atoms with Crippen LogP contribution in [0.3, 0.4) is 0 Å². The van der Waals surface area contributed by atoms with Crippen LogP contribution in [-0.4, -0.2) is 19.9 Å². The molecular formula is C11H7Cl2N5O. The minimum absolute atomic E-state index is 0.000746. The van der Waals surface area contributed by atoms with Gasteiger partial charge in [0.1, 0.15) is 5.82 Å². The SMILES string of the molecule is Nc1nc2nc(-c3c(Cl)cccc3Cl)[nH]c2c(=O)[nH]1. The van der Waals surface area contributed by atoms with Crippen LogP contribution in [0.25, 0.3) is 22.6 Å². The van der Waals surface area contributed by atoms with E-state index in [4.69, 9.17) is 28.9 Å². The van der Waals surface area contributed by atoms with Crippen molar-refractivity contribution < 1.29 is 0 Å². The van der Waals surface area contributed by atoms with Crippen LogP contribution in [0.4, 0.5) is 5.95 Å². The molecule has 0 aliphatic heterocycles. The van der Waals surface area contributed by atoms with Crippen molar-refractivity contribution in [3.63, 3.8) is 0 Å². The van der Waals surface area contributed by atoms with Crippen molar-refractivity contribution in [3.05, 3.63) is 38.6 Å². The maximum atomic E-state index is 11.7. The molecule has 0 spiro atoms. The van der Waals surface area contributed by atoms with Gasteiger partial charge in [0, 0.05) is 0 Å². The molecule has 0 aliphatic rings. The van der Waals surface area contributed by atoms with Gasteiger partial charge in [-0.3, -0.25) is 9.78 Å². The van der Waals surface area contributed by atoms with E-state index in [0.717, 1.165) is 0 Å². The zero-order chi connectivity index (χ0) is 13.6. The highest BCUT2D eigenvalue weighted by Gasteiger charge is 2.15. The van der Waals surface area contributed by atoms with Crippen molar-refractivity contribution in [3.8, 4) is 11.4 Å². The number of benzene rings is 1. The fraction of sp³-hybridized carbons (Fsp3) is 0. The third-order valence-electron chi connectivity index (χ3n) is 2.58. The Hall–Kier alpha value is -2.05. The summed E-state index contributed by atoms with van der Waals surface area (Å²) in [7, 11) is 0. The number of fused-ring (bicyclic) bond motifs is 1. The van der Waals surface area contributed by atoms with Crippen molar-refractivity contribution >= 4 is 40.3 Å². The summed E-state index contributed by atoms with van der Waals surface area (Å²) in [5, 5.41) is 0.854. The lowest BCUT2D eigenvalue weighted by Gasteiger charge is -2.02. The first-order valence-electron chi connectivity index (χ1n) is 5.26. The molecule has 0 amide bonds. The zero-order valence-electron chi connectivity index (χ0n) is 9.37. The summed E-state index contributed by atoms with van der Waals surface area (Å²) in [5.41, 5.74) is 6.01. The van der Waals surface area contributed by atoms with Crippen molar-refractivity contribution in [2.75, 3.05) is 5.73 Å². The van der Waals surface area contributed by atoms with Crippen molar-refractivity contribution in [1.29, 1.82) is 0 Å². The van der Waals surface area contributed by atoms with Crippen LogP contribution in [0.2, 0.25) is 10.0 Å². The fourth-order valence-corrected chi connectivity index (χ4v) is 2.34. The molecule has 96 valence electrons. The smallest absolute Gasteiger partial charge is 0.278 e. The molecule has 0 unspecified atom stereocenters. The van der Waals surface area contributed by atoms with Gasteiger partial charge in [-0.25, -0.2) is 4.98 Å². The molecule has 0 bridgehead atoms. The maximum Gasteiger partial charge on any atom is 0.278 e. The molecule has 0 saturated heterocycles. The molecule has 3 rings (SSSR count). The average Bonchev–Trinajstić information content (AvgIpc) is 2.72. The van der Waals surface area contributed by atoms with Crippen molar-refractivity contribution in [2.45, 2.75) is 0 Å². The fourth-order valence-electron chi connectivity index (χ4n) is 1.77. The van der Waals surface area contributed by atoms with Crippen molar-refractivity contribution in [1.82, 2.24) is 19.9 Å². The van der Waals surface area contributed by atoms with E-state index in [-0.39, 0.29) is 17.1 Å². The summed E-state index contributed by atoms with van der Waals surface area (Å²) < 4.78 is 0. The van der Waals surface area contributed by atoms with E-state index in [2.05, 4.69) is 19.9 Å². The molecule has 2 aromatic heterocycles. The second-order valence-corrected chi connectivity index (χ2v) is 4.65. The standard InChI is InChI=1S/C11H7Cl2N5O/c12-4-2-1-3-5(13)6(4)8-15-7-9(16-8)17-11(14)18-10(7)19/h1-3H,(H4,14,15,16,17,18,19). The highest BCUT2D eigenvalue weighted by molar-refractivity contribution is 6.39. The number of hydrogen-bond donors (Lipinski definition) is 3. The molecule has 4 N–H and O–H groups in total. The van der Waals surface area contributed by atoms with Crippen molar-refractivity contribution in [2.24, 2.45) is 0 Å². The summed E-state index contributed by atoms with van der Waals surface area (Å²) in [5.74, 6) is 0.370. The largest absolute Gasteiger partial charge is 0.369 e. The monoisotopic (exact) mass is 295 g/mol. The van der Waals surface area contributed by atoms with Crippen LogP contribution < -0.4 is 11.3 Å². The number of imidazole rings is 1. The van der Waals surface area contributed by atoms with E-state index in [1.807, 2.05) is 0 Å². The summed E-state index contributed by atoms with van der Waals surface area (Å²) in [6.07, 6.45) is 0. The van der Waals surface area contributed by atoms with Crippen LogP contribution in [0.1, 0.15) is 0 Å². The van der Waals surface area contributed by atoms with Gasteiger partial charge < -0.3 is 10.7 Å². The van der Waals surface area contributed by atoms with Crippen LogP contribution >= 0.6 is 23.2 Å². The quantitative estimate of drug-likeness (QED) is 0.640. The molecule has 3 aromatic rings. The number of nitrogens with one attached hydrogen (secondary N) is 2. The summed E-state index contributed by atoms with van der Waals surface area (Å²) in [6.45, 7) is 0. The van der Waals surface area contributed by atoms with E-state index in [9.17, 15) is 4.79 Å². The Morgan fingerprint density at radius 1 is 1.11 bits per heavy atom. The first-order valence-corrected chi connectivity index (χ1v) is 6.02. The third kappa shape index (κ3) is 1.94. The van der Waals surface area contributed by atoms with E-state index in [1.54, 1.807) is 18.2 Å². The minimum Gasteiger partial charge on any atom is -0.369 e. The molecule has 0 radical (unpaired) electrons. The molecule has 8 heteroatoms. The Balaban J connectivity index is 2.33. The Morgan fingerprint density at radius 3 is 2.47 bits per heavy atom. The second-order valence-electron chi connectivity index (χ2n) is 3.83. The minimum atomic E-state index is -0.399. The Labute approximate surface area is 116 Å². The lowest BCUT2D eigenvalue weighted by molar-refractivity contribution is 1.17. The predicted octanol–water partition coefficient (Wildman–Crippen LogP) is 2.20. The number of aromatic nitrogens is 4. The number of H-pyrrole nitrogens is 2. The molecule has 6 nitrogen and oxygen atoms in total. The van der Waals surface area contributed by atoms with E-state index in [1.165, 1.54) is 0 Å². The second kappa shape index (κ2) is 4.25. The number of anilines is 1. The van der Waals surface area contributed by atoms with Gasteiger partial charge in [0.15, 0.2) is 11.2 Å². The number of nitrogen functional groups attached to an aromatic ring is 1. The molecule has 2 heterocycles. The highest BCUT2D eigenvalue weighted by atomic mass is 35.5. The van der Waals surface area contributed by atoms with E-state index >= 15 is 0 Å². The molecular weight excluding hydrogens is 289 g/mol. The van der Waals surface area contributed by atoms with Gasteiger partial charge in [-0.15, -0.1) is 0 Å². The number of hydrogen-bond acceptors (Lipinski definition) is 4. The lowest BCUT2D eigenvalue weighted by Crippen LogP contribution is -2.10. The van der Waals surface area contributed by atoms with E-state index in [0.29, 0.717) is 21.4 Å². The predicted molar refractivity (Wildman–Crippen MR) is 74.4 cm³/mol. The summed E-state index contributed by atoms with van der Waals surface area (Å²) >= 11 is 12.2. The Kier molecular flexibility index (Phi) is 2.69. The van der Waals surface area contributed by atoms with E-state index < -0.39 is 5.56 Å².